The Kier molecular flexibility index (Phi) is 4.23. The lowest BCUT2D eigenvalue weighted by molar-refractivity contribution is 0.182. The monoisotopic (exact) mass is 236 g/mol. The Morgan fingerprint density at radius 1 is 1.59 bits per heavy atom. The lowest BCUT2D eigenvalue weighted by atomic mass is 9.99. The molecule has 2 rings (SSSR count). The van der Waals surface area contributed by atoms with Crippen LogP contribution >= 0.6 is 0 Å². The quantitative estimate of drug-likeness (QED) is 0.813. The van der Waals surface area contributed by atoms with Crippen molar-refractivity contribution in [3.05, 3.63) is 24.3 Å². The molecule has 0 aromatic heterocycles. The molecule has 1 fully saturated rings. The number of hydrogen-bond donors (Lipinski definition) is 2. The van der Waals surface area contributed by atoms with Gasteiger partial charge in [-0.2, -0.15) is 0 Å². The molecular formula is C13H20N2O2. The van der Waals surface area contributed by atoms with Crippen LogP contribution in [0.1, 0.15) is 6.42 Å². The molecule has 4 nitrogen and oxygen atoms in total. The van der Waals surface area contributed by atoms with Crippen molar-refractivity contribution in [1.29, 1.82) is 0 Å². The van der Waals surface area contributed by atoms with Crippen molar-refractivity contribution < 1.29 is 9.47 Å². The molecule has 0 radical (unpaired) electrons. The van der Waals surface area contributed by atoms with Gasteiger partial charge in [0, 0.05) is 36.9 Å². The fourth-order valence-corrected chi connectivity index (χ4v) is 2.17. The van der Waals surface area contributed by atoms with Crippen molar-refractivity contribution in [3.63, 3.8) is 0 Å². The van der Waals surface area contributed by atoms with Gasteiger partial charge in [-0.3, -0.25) is 0 Å². The van der Waals surface area contributed by atoms with Gasteiger partial charge in [0.25, 0.3) is 0 Å². The fraction of sp³-hybridized carbons (Fsp3) is 0.538. The highest BCUT2D eigenvalue weighted by atomic mass is 16.5. The Morgan fingerprint density at radius 2 is 2.47 bits per heavy atom. The van der Waals surface area contributed by atoms with E-state index in [9.17, 15) is 0 Å². The molecule has 17 heavy (non-hydrogen) atoms. The van der Waals surface area contributed by atoms with Gasteiger partial charge in [-0.1, -0.05) is 6.07 Å². The van der Waals surface area contributed by atoms with Crippen LogP contribution in [0.2, 0.25) is 0 Å². The number of ether oxygens (including phenoxy) is 2. The van der Waals surface area contributed by atoms with Crippen LogP contribution in [-0.2, 0) is 4.74 Å². The van der Waals surface area contributed by atoms with Crippen molar-refractivity contribution in [2.24, 2.45) is 11.7 Å². The van der Waals surface area contributed by atoms with Gasteiger partial charge in [-0.05, 0) is 18.6 Å². The standard InChI is InChI=1S/C13H20N2O2/c1-16-12-4-2-3-11(7-12)15-13(8-14)10-5-6-17-9-10/h2-4,7,10,13,15H,5-6,8-9,14H2,1H3. The zero-order valence-electron chi connectivity index (χ0n) is 10.2. The molecule has 0 aliphatic carbocycles. The van der Waals surface area contributed by atoms with E-state index in [0.717, 1.165) is 31.1 Å². The van der Waals surface area contributed by atoms with Crippen molar-refractivity contribution in [2.75, 3.05) is 32.2 Å². The minimum Gasteiger partial charge on any atom is -0.497 e. The van der Waals surface area contributed by atoms with E-state index in [1.807, 2.05) is 24.3 Å². The summed E-state index contributed by atoms with van der Waals surface area (Å²) in [5.74, 6) is 1.36. The summed E-state index contributed by atoms with van der Waals surface area (Å²) in [6, 6.07) is 8.19. The summed E-state index contributed by atoms with van der Waals surface area (Å²) in [7, 11) is 1.67. The third-order valence-electron chi connectivity index (χ3n) is 3.21. The number of anilines is 1. The average molecular weight is 236 g/mol. The van der Waals surface area contributed by atoms with E-state index in [4.69, 9.17) is 15.2 Å². The molecule has 94 valence electrons. The van der Waals surface area contributed by atoms with E-state index < -0.39 is 0 Å². The van der Waals surface area contributed by atoms with Gasteiger partial charge in [0.2, 0.25) is 0 Å². The summed E-state index contributed by atoms with van der Waals surface area (Å²) in [6.07, 6.45) is 1.08. The minimum atomic E-state index is 0.268. The molecule has 1 aromatic rings. The van der Waals surface area contributed by atoms with E-state index in [1.54, 1.807) is 7.11 Å². The zero-order chi connectivity index (χ0) is 12.1. The molecule has 2 unspecified atom stereocenters. The molecule has 1 aliphatic rings. The first-order valence-corrected chi connectivity index (χ1v) is 6.02. The van der Waals surface area contributed by atoms with Crippen LogP contribution in [0.4, 0.5) is 5.69 Å². The Balaban J connectivity index is 2.01. The van der Waals surface area contributed by atoms with Crippen molar-refractivity contribution >= 4 is 5.69 Å². The van der Waals surface area contributed by atoms with E-state index in [-0.39, 0.29) is 6.04 Å². The topological polar surface area (TPSA) is 56.5 Å². The minimum absolute atomic E-state index is 0.268. The van der Waals surface area contributed by atoms with Gasteiger partial charge in [-0.25, -0.2) is 0 Å². The highest BCUT2D eigenvalue weighted by Gasteiger charge is 2.24. The van der Waals surface area contributed by atoms with Gasteiger partial charge in [-0.15, -0.1) is 0 Å². The van der Waals surface area contributed by atoms with Crippen LogP contribution in [0.25, 0.3) is 0 Å². The van der Waals surface area contributed by atoms with Crippen LogP contribution in [0.15, 0.2) is 24.3 Å². The second-order valence-corrected chi connectivity index (χ2v) is 4.34. The molecule has 1 saturated heterocycles. The molecule has 0 spiro atoms. The molecule has 0 amide bonds. The SMILES string of the molecule is COc1cccc(NC(CN)C2CCOC2)c1. The predicted molar refractivity (Wildman–Crippen MR) is 68.4 cm³/mol. The molecule has 4 heteroatoms. The van der Waals surface area contributed by atoms with Crippen LogP contribution in [-0.4, -0.2) is 32.9 Å². The van der Waals surface area contributed by atoms with Gasteiger partial charge >= 0.3 is 0 Å². The largest absolute Gasteiger partial charge is 0.497 e. The molecule has 3 N–H and O–H groups in total. The van der Waals surface area contributed by atoms with E-state index in [1.165, 1.54) is 0 Å². The third kappa shape index (κ3) is 3.11. The second kappa shape index (κ2) is 5.89. The molecule has 1 heterocycles. The van der Waals surface area contributed by atoms with Crippen LogP contribution in [0, 0.1) is 5.92 Å². The van der Waals surface area contributed by atoms with Gasteiger partial charge in [0.15, 0.2) is 0 Å². The van der Waals surface area contributed by atoms with Crippen LogP contribution < -0.4 is 15.8 Å². The number of methoxy groups -OCH3 is 1. The first kappa shape index (κ1) is 12.2. The summed E-state index contributed by atoms with van der Waals surface area (Å²) in [4.78, 5) is 0. The van der Waals surface area contributed by atoms with E-state index in [2.05, 4.69) is 5.32 Å². The second-order valence-electron chi connectivity index (χ2n) is 4.34. The molecule has 0 saturated carbocycles. The molecule has 0 bridgehead atoms. The van der Waals surface area contributed by atoms with Crippen LogP contribution in [0.3, 0.4) is 0 Å². The maximum atomic E-state index is 5.82. The number of nitrogens with two attached hydrogens (primary N) is 1. The van der Waals surface area contributed by atoms with E-state index in [0.29, 0.717) is 12.5 Å². The Labute approximate surface area is 102 Å². The first-order valence-electron chi connectivity index (χ1n) is 6.02. The van der Waals surface area contributed by atoms with Crippen molar-refractivity contribution in [2.45, 2.75) is 12.5 Å². The number of hydrogen-bond acceptors (Lipinski definition) is 4. The van der Waals surface area contributed by atoms with Crippen molar-refractivity contribution in [1.82, 2.24) is 0 Å². The Bertz CT molecular complexity index is 351. The summed E-state index contributed by atoms with van der Waals surface area (Å²) in [6.45, 7) is 2.27. The smallest absolute Gasteiger partial charge is 0.120 e. The van der Waals surface area contributed by atoms with Gasteiger partial charge < -0.3 is 20.5 Å². The summed E-state index contributed by atoms with van der Waals surface area (Å²) >= 11 is 0. The highest BCUT2D eigenvalue weighted by Crippen LogP contribution is 2.22. The average Bonchev–Trinajstić information content (AvgIpc) is 2.90. The molecule has 2 atom stereocenters. The number of benzene rings is 1. The first-order chi connectivity index (χ1) is 8.33. The lowest BCUT2D eigenvalue weighted by Gasteiger charge is -2.23. The predicted octanol–water partition coefficient (Wildman–Crippen LogP) is 1.47. The van der Waals surface area contributed by atoms with Gasteiger partial charge in [0.1, 0.15) is 5.75 Å². The number of nitrogens with one attached hydrogen (secondary N) is 1. The van der Waals surface area contributed by atoms with Crippen molar-refractivity contribution in [3.8, 4) is 5.75 Å². The fourth-order valence-electron chi connectivity index (χ4n) is 2.17. The number of rotatable bonds is 5. The summed E-state index contributed by atoms with van der Waals surface area (Å²) in [5.41, 5.74) is 6.87. The van der Waals surface area contributed by atoms with Gasteiger partial charge in [0.05, 0.1) is 13.7 Å². The molecular weight excluding hydrogens is 216 g/mol. The third-order valence-corrected chi connectivity index (χ3v) is 3.21. The lowest BCUT2D eigenvalue weighted by Crippen LogP contribution is -2.36. The highest BCUT2D eigenvalue weighted by molar-refractivity contribution is 5.49. The Morgan fingerprint density at radius 3 is 3.12 bits per heavy atom. The summed E-state index contributed by atoms with van der Waals surface area (Å²) < 4.78 is 10.6. The maximum Gasteiger partial charge on any atom is 0.120 e. The Hall–Kier alpha value is -1.26. The normalized spacial score (nSPS) is 21.2. The molecule has 1 aliphatic heterocycles. The molecule has 1 aromatic carbocycles. The summed E-state index contributed by atoms with van der Waals surface area (Å²) in [5, 5.41) is 3.46. The van der Waals surface area contributed by atoms with Crippen LogP contribution in [0.5, 0.6) is 5.75 Å². The maximum absolute atomic E-state index is 5.82. The zero-order valence-corrected chi connectivity index (χ0v) is 10.2. The van der Waals surface area contributed by atoms with E-state index >= 15 is 0 Å².